The molecule has 0 radical (unpaired) electrons. The summed E-state index contributed by atoms with van der Waals surface area (Å²) in [6, 6.07) is 14.4. The van der Waals surface area contributed by atoms with Crippen molar-refractivity contribution in [3.8, 4) is 0 Å². The lowest BCUT2D eigenvalue weighted by atomic mass is 10.0. The van der Waals surface area contributed by atoms with Crippen molar-refractivity contribution in [2.75, 3.05) is 0 Å². The third-order valence-electron chi connectivity index (χ3n) is 2.41. The van der Waals surface area contributed by atoms with Crippen molar-refractivity contribution < 1.29 is 4.79 Å². The molecule has 2 aromatic rings. The van der Waals surface area contributed by atoms with Crippen LogP contribution in [0.25, 0.3) is 0 Å². The molecule has 0 aliphatic carbocycles. The summed E-state index contributed by atoms with van der Waals surface area (Å²) in [6.45, 7) is 0. The second-order valence-electron chi connectivity index (χ2n) is 3.53. The number of carbonyl (C=O) groups is 1. The number of hydrogen-bond acceptors (Lipinski definition) is 3. The van der Waals surface area contributed by atoms with Gasteiger partial charge >= 0.3 is 0 Å². The number of hydrogen-bond donors (Lipinski definition) is 0. The molecule has 2 aromatic carbocycles. The molecular weight excluding hydrogens is 307 g/mol. The van der Waals surface area contributed by atoms with Gasteiger partial charge in [0, 0.05) is 20.9 Å². The quantitative estimate of drug-likeness (QED) is 0.702. The molecule has 0 bridgehead atoms. The summed E-state index contributed by atoms with van der Waals surface area (Å²) in [6.07, 6.45) is 0. The molecule has 0 heterocycles. The summed E-state index contributed by atoms with van der Waals surface area (Å²) >= 11 is 0. The van der Waals surface area contributed by atoms with Crippen LogP contribution in [-0.4, -0.2) is 5.78 Å². The highest BCUT2D eigenvalue weighted by molar-refractivity contribution is 8.21. The molecule has 0 fully saturated rings. The molecule has 1 nitrogen and oxygen atoms in total. The van der Waals surface area contributed by atoms with Crippen LogP contribution in [0.4, 0.5) is 0 Å². The van der Waals surface area contributed by atoms with Crippen molar-refractivity contribution in [1.82, 2.24) is 0 Å². The fourth-order valence-electron chi connectivity index (χ4n) is 1.48. The van der Waals surface area contributed by atoms with E-state index in [1.54, 1.807) is 24.3 Å². The largest absolute Gasteiger partial charge is 0.289 e. The Kier molecular flexibility index (Phi) is 5.01. The van der Waals surface area contributed by atoms with Crippen LogP contribution < -0.4 is 0 Å². The Morgan fingerprint density at radius 1 is 0.722 bits per heavy atom. The summed E-state index contributed by atoms with van der Waals surface area (Å²) in [4.78, 5) is 14.0. The summed E-state index contributed by atoms with van der Waals surface area (Å²) in [5.74, 6) is -0.00718. The lowest BCUT2D eigenvalue weighted by Gasteiger charge is -2.02. The van der Waals surface area contributed by atoms with Gasteiger partial charge in [-0.1, -0.05) is 0 Å². The second kappa shape index (κ2) is 6.53. The van der Waals surface area contributed by atoms with E-state index in [1.165, 1.54) is 0 Å². The predicted molar refractivity (Wildman–Crippen MR) is 79.7 cm³/mol. The van der Waals surface area contributed by atoms with Crippen LogP contribution >= 0.6 is 43.3 Å². The SMILES string of the molecule is O=C(c1ccc(SCl)cc1)c1ccc(SCl)cc1. The van der Waals surface area contributed by atoms with Crippen LogP contribution in [0.3, 0.4) is 0 Å². The van der Waals surface area contributed by atoms with Crippen molar-refractivity contribution in [2.24, 2.45) is 0 Å². The van der Waals surface area contributed by atoms with Gasteiger partial charge in [0.05, 0.1) is 0 Å². The lowest BCUT2D eigenvalue weighted by Crippen LogP contribution is -2.00. The molecule has 0 saturated carbocycles. The molecule has 0 amide bonds. The smallest absolute Gasteiger partial charge is 0.193 e. The third-order valence-corrected chi connectivity index (χ3v) is 4.38. The van der Waals surface area contributed by atoms with E-state index >= 15 is 0 Å². The molecule has 0 aliphatic rings. The second-order valence-corrected chi connectivity index (χ2v) is 5.71. The first-order valence-electron chi connectivity index (χ1n) is 5.06. The van der Waals surface area contributed by atoms with Crippen LogP contribution in [0.1, 0.15) is 15.9 Å². The molecule has 5 heteroatoms. The molecule has 0 atom stereocenters. The van der Waals surface area contributed by atoms with E-state index in [2.05, 4.69) is 0 Å². The molecule has 0 aromatic heterocycles. The third kappa shape index (κ3) is 3.23. The number of ketones is 1. The zero-order chi connectivity index (χ0) is 13.0. The van der Waals surface area contributed by atoms with Crippen LogP contribution in [0, 0.1) is 0 Å². The van der Waals surface area contributed by atoms with E-state index in [4.69, 9.17) is 21.4 Å². The Bertz CT molecular complexity index is 488. The summed E-state index contributed by atoms with van der Waals surface area (Å²) in [7, 11) is 13.5. The molecule has 92 valence electrons. The first-order chi connectivity index (χ1) is 8.74. The Morgan fingerprint density at radius 2 is 1.06 bits per heavy atom. The van der Waals surface area contributed by atoms with Crippen LogP contribution in [-0.2, 0) is 0 Å². The van der Waals surface area contributed by atoms with E-state index in [-0.39, 0.29) is 5.78 Å². The highest BCUT2D eigenvalue weighted by atomic mass is 35.7. The van der Waals surface area contributed by atoms with E-state index in [0.29, 0.717) is 11.1 Å². The fourth-order valence-corrected chi connectivity index (χ4v) is 2.58. The first-order valence-corrected chi connectivity index (χ1v) is 8.35. The Labute approximate surface area is 123 Å². The van der Waals surface area contributed by atoms with Gasteiger partial charge in [-0.05, 0) is 91.8 Å². The number of halogens is 2. The zero-order valence-corrected chi connectivity index (χ0v) is 12.2. The maximum absolute atomic E-state index is 12.2. The van der Waals surface area contributed by atoms with E-state index in [1.807, 2.05) is 24.3 Å². The van der Waals surface area contributed by atoms with Gasteiger partial charge in [-0.15, -0.1) is 0 Å². The van der Waals surface area contributed by atoms with Crippen LogP contribution in [0.5, 0.6) is 0 Å². The van der Waals surface area contributed by atoms with Gasteiger partial charge in [0.25, 0.3) is 0 Å². The van der Waals surface area contributed by atoms with Gasteiger partial charge in [0.1, 0.15) is 0 Å². The van der Waals surface area contributed by atoms with Gasteiger partial charge in [-0.3, -0.25) is 4.79 Å². The van der Waals surface area contributed by atoms with Gasteiger partial charge in [0.2, 0.25) is 0 Å². The Balaban J connectivity index is 2.23. The summed E-state index contributed by atoms with van der Waals surface area (Å²) < 4.78 is 0. The van der Waals surface area contributed by atoms with Crippen LogP contribution in [0.2, 0.25) is 0 Å². The van der Waals surface area contributed by atoms with Crippen molar-refractivity contribution in [1.29, 1.82) is 0 Å². The first kappa shape index (κ1) is 13.8. The Morgan fingerprint density at radius 3 is 1.33 bits per heavy atom. The number of benzene rings is 2. The summed E-state index contributed by atoms with van der Waals surface area (Å²) in [5, 5.41) is 0. The van der Waals surface area contributed by atoms with Crippen molar-refractivity contribution in [2.45, 2.75) is 9.79 Å². The molecule has 18 heavy (non-hydrogen) atoms. The topological polar surface area (TPSA) is 17.1 Å². The maximum atomic E-state index is 12.2. The highest BCUT2D eigenvalue weighted by Gasteiger charge is 2.08. The van der Waals surface area contributed by atoms with E-state index in [9.17, 15) is 4.79 Å². The normalized spacial score (nSPS) is 10.3. The molecular formula is C13H8Cl2OS2. The fraction of sp³-hybridized carbons (Fsp3) is 0. The molecule has 0 spiro atoms. The minimum absolute atomic E-state index is 0.00718. The van der Waals surface area contributed by atoms with Gasteiger partial charge in [0.15, 0.2) is 5.78 Å². The minimum Gasteiger partial charge on any atom is -0.289 e. The molecule has 0 unspecified atom stereocenters. The maximum Gasteiger partial charge on any atom is 0.193 e. The predicted octanol–water partition coefficient (Wildman–Crippen LogP) is 5.41. The van der Waals surface area contributed by atoms with Crippen molar-refractivity contribution >= 4 is 49.1 Å². The molecule has 0 N–H and O–H groups in total. The van der Waals surface area contributed by atoms with E-state index < -0.39 is 0 Å². The molecule has 0 saturated heterocycles. The van der Waals surface area contributed by atoms with Crippen molar-refractivity contribution in [3.63, 3.8) is 0 Å². The van der Waals surface area contributed by atoms with Crippen molar-refractivity contribution in [3.05, 3.63) is 59.7 Å². The molecule has 0 aliphatic heterocycles. The number of carbonyl (C=O) groups excluding carboxylic acids is 1. The average Bonchev–Trinajstić information content (AvgIpc) is 2.47. The van der Waals surface area contributed by atoms with Gasteiger partial charge in [-0.2, -0.15) is 0 Å². The minimum atomic E-state index is -0.00718. The molecule has 2 rings (SSSR count). The van der Waals surface area contributed by atoms with Gasteiger partial charge in [-0.25, -0.2) is 0 Å². The standard InChI is InChI=1S/C13H8Cl2OS2/c14-17-11-5-1-9(2-6-11)13(16)10-3-7-12(18-15)8-4-10/h1-8H. The zero-order valence-electron chi connectivity index (χ0n) is 9.10. The average molecular weight is 315 g/mol. The lowest BCUT2D eigenvalue weighted by molar-refractivity contribution is 0.103. The summed E-state index contributed by atoms with van der Waals surface area (Å²) in [5.41, 5.74) is 1.30. The Hall–Kier alpha value is -0.610. The number of rotatable bonds is 4. The van der Waals surface area contributed by atoms with E-state index in [0.717, 1.165) is 31.7 Å². The van der Waals surface area contributed by atoms with Gasteiger partial charge < -0.3 is 0 Å². The highest BCUT2D eigenvalue weighted by Crippen LogP contribution is 2.24. The monoisotopic (exact) mass is 314 g/mol. The van der Waals surface area contributed by atoms with Crippen LogP contribution in [0.15, 0.2) is 58.3 Å².